The highest BCUT2D eigenvalue weighted by Crippen LogP contribution is 2.18. The highest BCUT2D eigenvalue weighted by molar-refractivity contribution is 4.86. The fourth-order valence-corrected chi connectivity index (χ4v) is 1.84. The van der Waals surface area contributed by atoms with Gasteiger partial charge in [-0.3, -0.25) is 0 Å². The van der Waals surface area contributed by atoms with Gasteiger partial charge in [0, 0.05) is 18.7 Å². The molecule has 0 aromatic heterocycles. The van der Waals surface area contributed by atoms with E-state index < -0.39 is 6.10 Å². The minimum Gasteiger partial charge on any atom is -0.389 e. The predicted octanol–water partition coefficient (Wildman–Crippen LogP) is 1.32. The molecule has 1 aliphatic heterocycles. The summed E-state index contributed by atoms with van der Waals surface area (Å²) in [5.74, 6) is 0. The zero-order chi connectivity index (χ0) is 12.9. The maximum absolute atomic E-state index is 9.83. The molecular formula is C13H27NO3. The van der Waals surface area contributed by atoms with E-state index in [0.717, 1.165) is 26.1 Å². The Hall–Kier alpha value is -0.160. The molecule has 1 fully saturated rings. The summed E-state index contributed by atoms with van der Waals surface area (Å²) in [6, 6.07) is 0. The molecule has 0 aromatic carbocycles. The third-order valence-corrected chi connectivity index (χ3v) is 2.91. The van der Waals surface area contributed by atoms with Gasteiger partial charge in [-0.2, -0.15) is 0 Å². The zero-order valence-electron chi connectivity index (χ0n) is 11.6. The van der Waals surface area contributed by atoms with Gasteiger partial charge in [0.25, 0.3) is 0 Å². The van der Waals surface area contributed by atoms with Gasteiger partial charge < -0.3 is 19.9 Å². The van der Waals surface area contributed by atoms with Gasteiger partial charge in [0.1, 0.15) is 0 Å². The molecule has 0 amide bonds. The lowest BCUT2D eigenvalue weighted by Gasteiger charge is -2.35. The molecule has 0 saturated carbocycles. The average molecular weight is 245 g/mol. The fourth-order valence-electron chi connectivity index (χ4n) is 1.84. The van der Waals surface area contributed by atoms with Crippen LogP contribution in [-0.4, -0.2) is 48.7 Å². The number of nitrogens with one attached hydrogen (secondary N) is 1. The first-order valence-electron chi connectivity index (χ1n) is 6.46. The first-order valence-corrected chi connectivity index (χ1v) is 6.46. The maximum Gasteiger partial charge on any atom is 0.0898 e. The molecule has 1 heterocycles. The van der Waals surface area contributed by atoms with Crippen LogP contribution in [0, 0.1) is 0 Å². The number of ether oxygens (including phenoxy) is 2. The first-order chi connectivity index (χ1) is 7.81. The molecular weight excluding hydrogens is 218 g/mol. The summed E-state index contributed by atoms with van der Waals surface area (Å²) in [6.45, 7) is 10.6. The van der Waals surface area contributed by atoms with Gasteiger partial charge in [-0.25, -0.2) is 0 Å². The summed E-state index contributed by atoms with van der Waals surface area (Å²) in [5.41, 5.74) is -0.195. The van der Waals surface area contributed by atoms with Crippen LogP contribution >= 0.6 is 0 Å². The van der Waals surface area contributed by atoms with Crippen molar-refractivity contribution in [2.45, 2.75) is 57.8 Å². The molecule has 0 aliphatic carbocycles. The third kappa shape index (κ3) is 6.36. The van der Waals surface area contributed by atoms with Gasteiger partial charge in [0.15, 0.2) is 0 Å². The number of hydrogen-bond acceptors (Lipinski definition) is 4. The smallest absolute Gasteiger partial charge is 0.0898 e. The monoisotopic (exact) mass is 245 g/mol. The summed E-state index contributed by atoms with van der Waals surface area (Å²) < 4.78 is 11.0. The largest absolute Gasteiger partial charge is 0.389 e. The minimum atomic E-state index is -0.465. The molecule has 0 radical (unpaired) electrons. The molecule has 4 heteroatoms. The Labute approximate surface area is 105 Å². The van der Waals surface area contributed by atoms with E-state index in [-0.39, 0.29) is 11.1 Å². The normalized spacial score (nSPS) is 28.1. The Morgan fingerprint density at radius 2 is 2.18 bits per heavy atom. The van der Waals surface area contributed by atoms with E-state index in [0.29, 0.717) is 13.2 Å². The zero-order valence-corrected chi connectivity index (χ0v) is 11.6. The highest BCUT2D eigenvalue weighted by Gasteiger charge is 2.27. The second-order valence-electron chi connectivity index (χ2n) is 6.17. The van der Waals surface area contributed by atoms with Crippen molar-refractivity contribution in [2.75, 3.05) is 26.4 Å². The van der Waals surface area contributed by atoms with E-state index in [4.69, 9.17) is 9.47 Å². The number of rotatable bonds is 5. The second-order valence-corrected chi connectivity index (χ2v) is 6.17. The molecule has 2 N–H and O–H groups in total. The van der Waals surface area contributed by atoms with Crippen LogP contribution in [0.1, 0.15) is 40.5 Å². The third-order valence-electron chi connectivity index (χ3n) is 2.91. The highest BCUT2D eigenvalue weighted by atomic mass is 16.5. The molecule has 1 aliphatic rings. The Kier molecular flexibility index (Phi) is 5.38. The van der Waals surface area contributed by atoms with Crippen molar-refractivity contribution in [1.29, 1.82) is 0 Å². The molecule has 0 spiro atoms. The average Bonchev–Trinajstić information content (AvgIpc) is 2.24. The Bertz CT molecular complexity index is 219. The number of aliphatic hydroxyl groups excluding tert-OH is 1. The molecule has 4 nitrogen and oxygen atoms in total. The molecule has 2 atom stereocenters. The molecule has 17 heavy (non-hydrogen) atoms. The van der Waals surface area contributed by atoms with E-state index in [9.17, 15) is 5.11 Å². The van der Waals surface area contributed by atoms with Gasteiger partial charge in [-0.15, -0.1) is 0 Å². The predicted molar refractivity (Wildman–Crippen MR) is 68.2 cm³/mol. The molecule has 0 bridgehead atoms. The van der Waals surface area contributed by atoms with Crippen LogP contribution in [0.25, 0.3) is 0 Å². The number of β-amino-alcohol motifs (C(OH)–C–C–N with tert-alkyl or cyclic N) is 1. The SMILES string of the molecule is CC1(NCC(O)COC(C)(C)C)CCCOC1. The van der Waals surface area contributed by atoms with E-state index in [1.807, 2.05) is 20.8 Å². The van der Waals surface area contributed by atoms with Crippen molar-refractivity contribution in [3.8, 4) is 0 Å². The molecule has 102 valence electrons. The first kappa shape index (κ1) is 14.9. The van der Waals surface area contributed by atoms with Crippen LogP contribution in [0.5, 0.6) is 0 Å². The lowest BCUT2D eigenvalue weighted by atomic mass is 9.95. The topological polar surface area (TPSA) is 50.7 Å². The van der Waals surface area contributed by atoms with Crippen LogP contribution in [0.3, 0.4) is 0 Å². The van der Waals surface area contributed by atoms with Crippen LogP contribution in [0.15, 0.2) is 0 Å². The summed E-state index contributed by atoms with van der Waals surface area (Å²) in [7, 11) is 0. The quantitative estimate of drug-likeness (QED) is 0.767. The van der Waals surface area contributed by atoms with E-state index in [1.165, 1.54) is 0 Å². The number of hydrogen-bond donors (Lipinski definition) is 2. The van der Waals surface area contributed by atoms with Crippen LogP contribution in [0.2, 0.25) is 0 Å². The van der Waals surface area contributed by atoms with Gasteiger partial charge in [-0.05, 0) is 40.5 Å². The number of aliphatic hydroxyl groups is 1. The van der Waals surface area contributed by atoms with Crippen molar-refractivity contribution < 1.29 is 14.6 Å². The lowest BCUT2D eigenvalue weighted by molar-refractivity contribution is -0.0521. The fraction of sp³-hybridized carbons (Fsp3) is 1.00. The van der Waals surface area contributed by atoms with E-state index >= 15 is 0 Å². The van der Waals surface area contributed by atoms with E-state index in [2.05, 4.69) is 12.2 Å². The van der Waals surface area contributed by atoms with Crippen molar-refractivity contribution in [2.24, 2.45) is 0 Å². The molecule has 2 unspecified atom stereocenters. The standard InChI is InChI=1S/C13H27NO3/c1-12(2,3)17-9-11(15)8-14-13(4)6-5-7-16-10-13/h11,14-15H,5-10H2,1-4H3. The minimum absolute atomic E-state index is 0.000955. The Morgan fingerprint density at radius 3 is 2.71 bits per heavy atom. The Balaban J connectivity index is 2.20. The summed E-state index contributed by atoms with van der Waals surface area (Å²) in [5, 5.41) is 13.2. The molecule has 0 aromatic rings. The van der Waals surface area contributed by atoms with Gasteiger partial charge >= 0.3 is 0 Å². The summed E-state index contributed by atoms with van der Waals surface area (Å²) in [6.07, 6.45) is 1.71. The molecule has 1 rings (SSSR count). The van der Waals surface area contributed by atoms with Crippen molar-refractivity contribution in [1.82, 2.24) is 5.32 Å². The maximum atomic E-state index is 9.83. The Morgan fingerprint density at radius 1 is 1.47 bits per heavy atom. The van der Waals surface area contributed by atoms with Crippen molar-refractivity contribution >= 4 is 0 Å². The van der Waals surface area contributed by atoms with Gasteiger partial charge in [0.2, 0.25) is 0 Å². The van der Waals surface area contributed by atoms with Crippen molar-refractivity contribution in [3.05, 3.63) is 0 Å². The van der Waals surface area contributed by atoms with Crippen molar-refractivity contribution in [3.63, 3.8) is 0 Å². The van der Waals surface area contributed by atoms with Crippen LogP contribution in [0.4, 0.5) is 0 Å². The van der Waals surface area contributed by atoms with Crippen LogP contribution < -0.4 is 5.32 Å². The second kappa shape index (κ2) is 6.14. The lowest BCUT2D eigenvalue weighted by Crippen LogP contribution is -2.52. The van der Waals surface area contributed by atoms with Gasteiger partial charge in [-0.1, -0.05) is 0 Å². The van der Waals surface area contributed by atoms with Gasteiger partial charge in [0.05, 0.1) is 24.9 Å². The molecule has 1 saturated heterocycles. The summed E-state index contributed by atoms with van der Waals surface area (Å²) in [4.78, 5) is 0. The van der Waals surface area contributed by atoms with E-state index in [1.54, 1.807) is 0 Å². The summed E-state index contributed by atoms with van der Waals surface area (Å²) >= 11 is 0. The van der Waals surface area contributed by atoms with Crippen LogP contribution in [-0.2, 0) is 9.47 Å².